The van der Waals surface area contributed by atoms with Crippen LogP contribution >= 0.6 is 0 Å². The summed E-state index contributed by atoms with van der Waals surface area (Å²) < 4.78 is 6.61. The summed E-state index contributed by atoms with van der Waals surface area (Å²) in [5.74, 6) is -0.113. The third-order valence-corrected chi connectivity index (χ3v) is 5.09. The zero-order valence-electron chi connectivity index (χ0n) is 15.2. The van der Waals surface area contributed by atoms with Crippen LogP contribution in [0.1, 0.15) is 32.3 Å². The smallest absolute Gasteiger partial charge is 0.408 e. The number of fused-ring (bicyclic) bond motifs is 1. The number of oxazole rings is 1. The molecule has 1 aromatic carbocycles. The predicted molar refractivity (Wildman–Crippen MR) is 97.7 cm³/mol. The number of aryl methyl sites for hydroxylation is 1. The molecule has 1 aliphatic rings. The normalized spacial score (nSPS) is 16.6. The molecule has 6 nitrogen and oxygen atoms in total. The topological polar surface area (TPSA) is 67.5 Å². The summed E-state index contributed by atoms with van der Waals surface area (Å²) in [5, 5.41) is 2.98. The molecule has 1 amide bonds. The van der Waals surface area contributed by atoms with Crippen molar-refractivity contribution < 1.29 is 9.21 Å². The van der Waals surface area contributed by atoms with E-state index in [-0.39, 0.29) is 12.5 Å². The second kappa shape index (κ2) is 7.44. The quantitative estimate of drug-likeness (QED) is 0.901. The Morgan fingerprint density at radius 1 is 1.32 bits per heavy atom. The molecule has 1 aliphatic heterocycles. The van der Waals surface area contributed by atoms with Crippen LogP contribution in [-0.2, 0) is 11.3 Å². The largest absolute Gasteiger partial charge is 0.420 e. The number of nitrogens with one attached hydrogen (secondary N) is 1. The summed E-state index contributed by atoms with van der Waals surface area (Å²) in [7, 11) is 0. The van der Waals surface area contributed by atoms with Crippen molar-refractivity contribution in [1.29, 1.82) is 0 Å². The molecule has 1 saturated heterocycles. The van der Waals surface area contributed by atoms with Crippen LogP contribution < -0.4 is 11.1 Å². The van der Waals surface area contributed by atoms with Crippen LogP contribution in [0.25, 0.3) is 11.1 Å². The first-order valence-corrected chi connectivity index (χ1v) is 9.05. The third kappa shape index (κ3) is 4.12. The molecule has 25 heavy (non-hydrogen) atoms. The Morgan fingerprint density at radius 2 is 2.04 bits per heavy atom. The molecule has 136 valence electrons. The van der Waals surface area contributed by atoms with Gasteiger partial charge in [-0.05, 0) is 70.3 Å². The molecule has 0 spiro atoms. The number of nitrogens with zero attached hydrogens (tertiary/aromatic N) is 2. The second-order valence-corrected chi connectivity index (χ2v) is 7.30. The maximum atomic E-state index is 12.3. The van der Waals surface area contributed by atoms with Crippen LogP contribution in [0.2, 0.25) is 0 Å². The number of piperidine rings is 1. The highest BCUT2D eigenvalue weighted by Crippen LogP contribution is 2.18. The lowest BCUT2D eigenvalue weighted by Crippen LogP contribution is -2.42. The Balaban J connectivity index is 1.56. The molecule has 1 aromatic heterocycles. The van der Waals surface area contributed by atoms with Gasteiger partial charge in [0, 0.05) is 12.6 Å². The summed E-state index contributed by atoms with van der Waals surface area (Å²) in [4.78, 5) is 26.8. The van der Waals surface area contributed by atoms with E-state index in [4.69, 9.17) is 4.42 Å². The van der Waals surface area contributed by atoms with E-state index in [2.05, 4.69) is 24.1 Å². The zero-order chi connectivity index (χ0) is 18.0. The number of aromatic nitrogens is 1. The molecule has 6 heteroatoms. The van der Waals surface area contributed by atoms with Gasteiger partial charge in [-0.25, -0.2) is 4.79 Å². The highest BCUT2D eigenvalue weighted by molar-refractivity contribution is 5.79. The van der Waals surface area contributed by atoms with Crippen molar-refractivity contribution in [2.45, 2.75) is 46.2 Å². The Morgan fingerprint density at radius 3 is 2.72 bits per heavy atom. The Kier molecular flexibility index (Phi) is 5.27. The van der Waals surface area contributed by atoms with Crippen molar-refractivity contribution in [2.75, 3.05) is 19.6 Å². The number of amides is 1. The van der Waals surface area contributed by atoms with Crippen LogP contribution in [0.4, 0.5) is 0 Å². The van der Waals surface area contributed by atoms with Gasteiger partial charge < -0.3 is 14.6 Å². The molecule has 3 rings (SSSR count). The summed E-state index contributed by atoms with van der Waals surface area (Å²) in [6.45, 7) is 9.24. The third-order valence-electron chi connectivity index (χ3n) is 5.09. The van der Waals surface area contributed by atoms with Crippen LogP contribution in [0.5, 0.6) is 0 Å². The molecule has 0 aliphatic carbocycles. The van der Waals surface area contributed by atoms with Crippen LogP contribution in [0, 0.1) is 12.8 Å². The zero-order valence-corrected chi connectivity index (χ0v) is 15.2. The fourth-order valence-electron chi connectivity index (χ4n) is 3.45. The number of benzene rings is 1. The van der Waals surface area contributed by atoms with Crippen molar-refractivity contribution in [3.05, 3.63) is 34.3 Å². The lowest BCUT2D eigenvalue weighted by atomic mass is 9.96. The first-order chi connectivity index (χ1) is 11.9. The molecular formula is C19H27N3O3. The first-order valence-electron chi connectivity index (χ1n) is 9.05. The van der Waals surface area contributed by atoms with Gasteiger partial charge in [-0.1, -0.05) is 6.07 Å². The maximum absolute atomic E-state index is 12.3. The Bertz CT molecular complexity index is 798. The number of hydrogen-bond donors (Lipinski definition) is 1. The van der Waals surface area contributed by atoms with Gasteiger partial charge in [0.2, 0.25) is 5.91 Å². The standard InChI is InChI=1S/C19H27N3O3/c1-13(2)21-8-6-15(7-9-21)11-20-18(23)12-22-16-10-14(3)4-5-17(16)25-19(22)24/h4-5,10,13,15H,6-9,11-12H2,1-3H3,(H,20,23). The first kappa shape index (κ1) is 17.7. The summed E-state index contributed by atoms with van der Waals surface area (Å²) in [5.41, 5.74) is 2.22. The number of carbonyl (C=O) groups is 1. The number of hydrogen-bond acceptors (Lipinski definition) is 4. The lowest BCUT2D eigenvalue weighted by molar-refractivity contribution is -0.122. The summed E-state index contributed by atoms with van der Waals surface area (Å²) in [6, 6.07) is 6.11. The van der Waals surface area contributed by atoms with Gasteiger partial charge in [-0.2, -0.15) is 0 Å². The lowest BCUT2D eigenvalue weighted by Gasteiger charge is -2.34. The molecule has 0 unspecified atom stereocenters. The predicted octanol–water partition coefficient (Wildman–Crippen LogP) is 2.14. The van der Waals surface area contributed by atoms with E-state index in [1.54, 1.807) is 6.07 Å². The molecule has 1 N–H and O–H groups in total. The number of carbonyl (C=O) groups excluding carboxylic acids is 1. The maximum Gasteiger partial charge on any atom is 0.420 e. The molecule has 0 saturated carbocycles. The van der Waals surface area contributed by atoms with Crippen molar-refractivity contribution in [3.8, 4) is 0 Å². The van der Waals surface area contributed by atoms with Crippen molar-refractivity contribution in [1.82, 2.24) is 14.8 Å². The van der Waals surface area contributed by atoms with E-state index >= 15 is 0 Å². The molecule has 2 aromatic rings. The molecule has 1 fully saturated rings. The average molecular weight is 345 g/mol. The van der Waals surface area contributed by atoms with Gasteiger partial charge in [-0.3, -0.25) is 9.36 Å². The van der Waals surface area contributed by atoms with Crippen LogP contribution in [0.3, 0.4) is 0 Å². The van der Waals surface area contributed by atoms with E-state index in [0.717, 1.165) is 31.5 Å². The Hall–Kier alpha value is -2.08. The summed E-state index contributed by atoms with van der Waals surface area (Å²) in [6.07, 6.45) is 2.21. The van der Waals surface area contributed by atoms with E-state index in [0.29, 0.717) is 29.6 Å². The monoisotopic (exact) mass is 345 g/mol. The van der Waals surface area contributed by atoms with Crippen LogP contribution in [-0.4, -0.2) is 41.1 Å². The minimum Gasteiger partial charge on any atom is -0.408 e. The van der Waals surface area contributed by atoms with Crippen LogP contribution in [0.15, 0.2) is 27.4 Å². The minimum atomic E-state index is -0.485. The fourth-order valence-corrected chi connectivity index (χ4v) is 3.45. The van der Waals surface area contributed by atoms with Gasteiger partial charge in [0.25, 0.3) is 0 Å². The van der Waals surface area contributed by atoms with Crippen molar-refractivity contribution >= 4 is 17.0 Å². The van der Waals surface area contributed by atoms with E-state index in [9.17, 15) is 9.59 Å². The van der Waals surface area contributed by atoms with Gasteiger partial charge >= 0.3 is 5.76 Å². The molecular weight excluding hydrogens is 318 g/mol. The molecule has 0 bridgehead atoms. The highest BCUT2D eigenvalue weighted by Gasteiger charge is 2.21. The van der Waals surface area contributed by atoms with Gasteiger partial charge in [0.1, 0.15) is 6.54 Å². The summed E-state index contributed by atoms with van der Waals surface area (Å²) >= 11 is 0. The van der Waals surface area contributed by atoms with Crippen molar-refractivity contribution in [3.63, 3.8) is 0 Å². The van der Waals surface area contributed by atoms with E-state index < -0.39 is 5.76 Å². The van der Waals surface area contributed by atoms with Gasteiger partial charge in [-0.15, -0.1) is 0 Å². The Labute approximate surface area is 147 Å². The minimum absolute atomic E-state index is 0.000125. The van der Waals surface area contributed by atoms with Gasteiger partial charge in [0.15, 0.2) is 5.58 Å². The molecule has 0 atom stereocenters. The number of rotatable bonds is 5. The van der Waals surface area contributed by atoms with E-state index in [1.807, 2.05) is 19.1 Å². The van der Waals surface area contributed by atoms with Crippen molar-refractivity contribution in [2.24, 2.45) is 5.92 Å². The molecule has 0 radical (unpaired) electrons. The molecule has 2 heterocycles. The second-order valence-electron chi connectivity index (χ2n) is 7.30. The SMILES string of the molecule is Cc1ccc2oc(=O)n(CC(=O)NCC3CCN(C(C)C)CC3)c2c1. The number of likely N-dealkylation sites (tertiary alicyclic amines) is 1. The van der Waals surface area contributed by atoms with E-state index in [1.165, 1.54) is 4.57 Å². The average Bonchev–Trinajstić information content (AvgIpc) is 2.88. The fraction of sp³-hybridized carbons (Fsp3) is 0.579. The highest BCUT2D eigenvalue weighted by atomic mass is 16.4. The van der Waals surface area contributed by atoms with Gasteiger partial charge in [0.05, 0.1) is 5.52 Å².